The molecular formula is C132H100N2. The first-order chi connectivity index (χ1) is 65.4. The van der Waals surface area contributed by atoms with Crippen LogP contribution in [-0.2, 0) is 21.7 Å². The highest BCUT2D eigenvalue weighted by Crippen LogP contribution is 2.59. The lowest BCUT2D eigenvalue weighted by Crippen LogP contribution is -2.18. The van der Waals surface area contributed by atoms with E-state index in [1.807, 2.05) is 0 Å². The van der Waals surface area contributed by atoms with Crippen LogP contribution in [0.25, 0.3) is 167 Å². The molecule has 638 valence electrons. The van der Waals surface area contributed by atoms with Crippen molar-refractivity contribution in [3.8, 4) is 167 Å². The van der Waals surface area contributed by atoms with Gasteiger partial charge in [-0.25, -0.2) is 0 Å². The highest BCUT2D eigenvalue weighted by molar-refractivity contribution is 5.98. The summed E-state index contributed by atoms with van der Waals surface area (Å²) in [6, 6.07) is 174. The fraction of sp³-hybridized carbons (Fsp3) is 0.0909. The zero-order valence-electron chi connectivity index (χ0n) is 76.8. The van der Waals surface area contributed by atoms with E-state index in [9.17, 15) is 0 Å². The van der Waals surface area contributed by atoms with Crippen LogP contribution >= 0.6 is 0 Å². The third kappa shape index (κ3) is 13.8. The zero-order valence-corrected chi connectivity index (χ0v) is 76.8. The van der Waals surface area contributed by atoms with Crippen LogP contribution in [0.15, 0.2) is 461 Å². The second kappa shape index (κ2) is 31.9. The van der Waals surface area contributed by atoms with E-state index in [4.69, 9.17) is 0 Å². The Kier molecular flexibility index (Phi) is 19.4. The normalized spacial score (nSPS) is 13.8. The summed E-state index contributed by atoms with van der Waals surface area (Å²) in [6.07, 6.45) is 0. The molecule has 0 fully saturated rings. The zero-order chi connectivity index (χ0) is 90.3. The number of hydrogen-bond donors (Lipinski definition) is 0. The first-order valence-corrected chi connectivity index (χ1v) is 47.2. The highest BCUT2D eigenvalue weighted by Gasteiger charge is 2.42. The number of hydrogen-bond acceptors (Lipinski definition) is 2. The van der Waals surface area contributed by atoms with Crippen molar-refractivity contribution in [3.05, 3.63) is 506 Å². The minimum Gasteiger partial charge on any atom is -0.310 e. The van der Waals surface area contributed by atoms with Crippen LogP contribution < -0.4 is 9.80 Å². The minimum absolute atomic E-state index is 0.126. The summed E-state index contributed by atoms with van der Waals surface area (Å²) in [4.78, 5) is 5.07. The van der Waals surface area contributed by atoms with E-state index in [1.54, 1.807) is 0 Å². The van der Waals surface area contributed by atoms with Gasteiger partial charge >= 0.3 is 0 Å². The number of anilines is 6. The van der Waals surface area contributed by atoms with Crippen molar-refractivity contribution in [1.29, 1.82) is 0 Å². The molecular weight excluding hydrogens is 1610 g/mol. The Labute approximate surface area is 787 Å². The van der Waals surface area contributed by atoms with E-state index in [2.05, 4.69) is 526 Å². The number of benzene rings is 20. The number of rotatable bonds is 17. The van der Waals surface area contributed by atoms with Gasteiger partial charge in [-0.1, -0.05) is 407 Å². The van der Waals surface area contributed by atoms with Crippen molar-refractivity contribution in [1.82, 2.24) is 0 Å². The predicted octanol–water partition coefficient (Wildman–Crippen LogP) is 36.2. The third-order valence-electron chi connectivity index (χ3n) is 29.9. The molecule has 0 amide bonds. The molecule has 0 atom stereocenters. The van der Waals surface area contributed by atoms with E-state index < -0.39 is 0 Å². The predicted molar refractivity (Wildman–Crippen MR) is 566 cm³/mol. The van der Waals surface area contributed by atoms with Crippen molar-refractivity contribution >= 4 is 34.1 Å². The molecule has 2 heteroatoms. The summed E-state index contributed by atoms with van der Waals surface area (Å²) in [5.74, 6) is 0. The van der Waals surface area contributed by atoms with Gasteiger partial charge in [0.2, 0.25) is 0 Å². The van der Waals surface area contributed by atoms with Crippen LogP contribution in [0, 0.1) is 0 Å². The molecule has 24 rings (SSSR count). The first-order valence-electron chi connectivity index (χ1n) is 47.2. The summed E-state index contributed by atoms with van der Waals surface area (Å²) in [7, 11) is 0. The van der Waals surface area contributed by atoms with Crippen LogP contribution in [0.5, 0.6) is 0 Å². The molecule has 0 saturated heterocycles. The van der Waals surface area contributed by atoms with Crippen molar-refractivity contribution in [2.45, 2.75) is 77.0 Å². The van der Waals surface area contributed by atoms with Gasteiger partial charge in [-0.3, -0.25) is 0 Å². The molecule has 0 saturated carbocycles. The molecule has 0 unspecified atom stereocenters. The quantitative estimate of drug-likeness (QED) is 0.0896. The summed E-state index contributed by atoms with van der Waals surface area (Å²) in [5, 5.41) is 0. The summed E-state index contributed by atoms with van der Waals surface area (Å²) in [5.41, 5.74) is 52.5. The average molecular weight is 1710 g/mol. The Hall–Kier alpha value is -16.0. The lowest BCUT2D eigenvalue weighted by Gasteiger charge is -2.31. The summed E-state index contributed by atoms with van der Waals surface area (Å²) >= 11 is 0. The SMILES string of the molecule is CC1(C)c2ccccc2-c2ccc(-c3ccc(N(c4ccc5c(c4)C(C)(C)c4cc(-c6ccc(-c7ccccc7)cc6)ccc4-5)c4ccc(-c5cccc(-c6ccc7c(c6)C(C)(C)c6cc(N(c8ccc9c(c8)C(C)(C)c8cc(-c%10ccc(-c%11ccccc%11)cc%10)ccc8-9)c8ccccc8-c8cccc(-c9ccccc9)c8)ccc6-7)c5)cc4-c4cccc(-c5ccccc5)c4)cc3)cc21. The number of nitrogens with zero attached hydrogens (tertiary/aromatic N) is 2. The molecule has 0 heterocycles. The fourth-order valence-corrected chi connectivity index (χ4v) is 22.6. The smallest absolute Gasteiger partial charge is 0.0540 e. The molecule has 4 aliphatic rings. The highest BCUT2D eigenvalue weighted by atomic mass is 15.2. The van der Waals surface area contributed by atoms with Crippen molar-refractivity contribution in [2.75, 3.05) is 9.80 Å². The first kappa shape index (κ1) is 81.2. The van der Waals surface area contributed by atoms with Crippen LogP contribution in [0.4, 0.5) is 34.1 Å². The number of para-hydroxylation sites is 1. The maximum atomic E-state index is 2.54. The topological polar surface area (TPSA) is 6.48 Å². The molecule has 20 aromatic carbocycles. The van der Waals surface area contributed by atoms with Gasteiger partial charge in [0.05, 0.1) is 11.4 Å². The van der Waals surface area contributed by atoms with Gasteiger partial charge < -0.3 is 9.80 Å². The van der Waals surface area contributed by atoms with Gasteiger partial charge in [0.15, 0.2) is 0 Å². The Bertz CT molecular complexity index is 8050. The number of fused-ring (bicyclic) bond motifs is 12. The lowest BCUT2D eigenvalue weighted by atomic mass is 9.81. The largest absolute Gasteiger partial charge is 0.310 e. The molecule has 0 aliphatic heterocycles. The molecule has 0 spiro atoms. The fourth-order valence-electron chi connectivity index (χ4n) is 22.6. The van der Waals surface area contributed by atoms with Crippen molar-refractivity contribution in [2.24, 2.45) is 0 Å². The molecule has 0 N–H and O–H groups in total. The van der Waals surface area contributed by atoms with Crippen molar-refractivity contribution < 1.29 is 0 Å². The second-order valence-electron chi connectivity index (χ2n) is 39.1. The van der Waals surface area contributed by atoms with Gasteiger partial charge in [0, 0.05) is 55.5 Å². The maximum Gasteiger partial charge on any atom is 0.0540 e. The Morgan fingerprint density at radius 2 is 0.328 bits per heavy atom. The van der Waals surface area contributed by atoms with Gasteiger partial charge in [-0.05, 0) is 309 Å². The Morgan fingerprint density at radius 3 is 0.724 bits per heavy atom. The van der Waals surface area contributed by atoms with E-state index in [-0.39, 0.29) is 21.7 Å². The molecule has 4 aliphatic carbocycles. The van der Waals surface area contributed by atoms with E-state index in [0.29, 0.717) is 0 Å². The molecule has 0 radical (unpaired) electrons. The minimum atomic E-state index is -0.374. The molecule has 0 bridgehead atoms. The van der Waals surface area contributed by atoms with E-state index >= 15 is 0 Å². The van der Waals surface area contributed by atoms with Gasteiger partial charge in [-0.2, -0.15) is 0 Å². The molecule has 134 heavy (non-hydrogen) atoms. The van der Waals surface area contributed by atoms with E-state index in [1.165, 1.54) is 167 Å². The monoisotopic (exact) mass is 1710 g/mol. The second-order valence-corrected chi connectivity index (χ2v) is 39.1. The lowest BCUT2D eigenvalue weighted by molar-refractivity contribution is 0.660. The Balaban J connectivity index is 0.596. The van der Waals surface area contributed by atoms with Crippen LogP contribution in [0.2, 0.25) is 0 Å². The average Bonchev–Trinajstić information content (AvgIpc) is 1.57. The molecule has 0 aromatic heterocycles. The molecule has 20 aromatic rings. The maximum absolute atomic E-state index is 2.54. The standard InChI is InChI=1S/C132H100N2/c1-129(2)119-44-23-21-43-110(119)111-66-56-101(78-120(111)129)93-54-61-105(62-55-93)133(106-63-70-115-112-67-57-99(79-121(112)130(3,4)124(115)82-106)91-50-46-89(47-51-91)85-28-13-9-14-29-85)128-73-60-98(77-118(128)104-41-27-37-95(76-104)88-34-19-12-20-35-88)96-38-25-39-97(74-96)102-59-69-114-117-72-65-108(84-126(117)132(7,8)123(114)81-102)134(127-45-24-22-42-109(127)103-40-26-36-94(75-103)87-32-17-11-18-33-87)107-64-71-116-113-68-58-100(80-122(113)131(5,6)125(116)83-107)92-52-48-90(49-53-92)86-30-15-10-16-31-86/h9-84H,1-8H3. The van der Waals surface area contributed by atoms with Gasteiger partial charge in [-0.15, -0.1) is 0 Å². The molecule has 2 nitrogen and oxygen atoms in total. The van der Waals surface area contributed by atoms with Gasteiger partial charge in [0.25, 0.3) is 0 Å². The van der Waals surface area contributed by atoms with Gasteiger partial charge in [0.1, 0.15) is 0 Å². The van der Waals surface area contributed by atoms with Crippen LogP contribution in [0.3, 0.4) is 0 Å². The van der Waals surface area contributed by atoms with Crippen LogP contribution in [0.1, 0.15) is 99.9 Å². The Morgan fingerprint density at radius 1 is 0.119 bits per heavy atom. The van der Waals surface area contributed by atoms with Crippen molar-refractivity contribution in [3.63, 3.8) is 0 Å². The third-order valence-corrected chi connectivity index (χ3v) is 29.9. The summed E-state index contributed by atoms with van der Waals surface area (Å²) in [6.45, 7) is 19.3. The van der Waals surface area contributed by atoms with E-state index in [0.717, 1.165) is 78.6 Å². The van der Waals surface area contributed by atoms with Crippen LogP contribution in [-0.4, -0.2) is 0 Å². The summed E-state index contributed by atoms with van der Waals surface area (Å²) < 4.78 is 0.